The number of para-hydroxylation sites is 1. The van der Waals surface area contributed by atoms with Crippen molar-refractivity contribution >= 4 is 39.8 Å². The fraction of sp³-hybridized carbons (Fsp3) is 0.500. The van der Waals surface area contributed by atoms with Crippen molar-refractivity contribution in [3.63, 3.8) is 0 Å². The Labute approximate surface area is 157 Å². The molecule has 0 saturated heterocycles. The minimum atomic E-state index is -0.227. The Morgan fingerprint density at radius 3 is 2.76 bits per heavy atom. The van der Waals surface area contributed by atoms with Crippen LogP contribution in [0.2, 0.25) is 0 Å². The van der Waals surface area contributed by atoms with Gasteiger partial charge in [0.1, 0.15) is 0 Å². The number of carbonyl (C=O) groups is 1. The number of carbonyl (C=O) groups excluding carboxylic acids is 1. The summed E-state index contributed by atoms with van der Waals surface area (Å²) in [5, 5.41) is 15.5. The average Bonchev–Trinajstić information content (AvgIpc) is 3.04. The molecule has 1 atom stereocenters. The first-order chi connectivity index (χ1) is 12.1. The molecule has 3 rings (SSSR count). The van der Waals surface area contributed by atoms with Crippen LogP contribution in [0.1, 0.15) is 44.6 Å². The molecule has 1 aromatic heterocycles. The summed E-state index contributed by atoms with van der Waals surface area (Å²) < 4.78 is 0.825. The monoisotopic (exact) mass is 376 g/mol. The van der Waals surface area contributed by atoms with Gasteiger partial charge in [-0.2, -0.15) is 0 Å². The molecule has 1 heterocycles. The van der Waals surface area contributed by atoms with Crippen LogP contribution in [0.3, 0.4) is 0 Å². The number of aromatic nitrogens is 2. The van der Waals surface area contributed by atoms with E-state index in [1.807, 2.05) is 38.1 Å². The third-order valence-electron chi connectivity index (χ3n) is 4.39. The molecule has 1 amide bonds. The van der Waals surface area contributed by atoms with Gasteiger partial charge in [0.25, 0.3) is 0 Å². The molecule has 0 aliphatic heterocycles. The van der Waals surface area contributed by atoms with E-state index in [1.165, 1.54) is 55.2 Å². The Morgan fingerprint density at radius 2 is 2.00 bits per heavy atom. The number of hydrogen-bond donors (Lipinski definition) is 2. The van der Waals surface area contributed by atoms with Crippen LogP contribution in [0.25, 0.3) is 0 Å². The van der Waals surface area contributed by atoms with Crippen molar-refractivity contribution < 1.29 is 4.79 Å². The number of rotatable bonds is 6. The van der Waals surface area contributed by atoms with E-state index in [0.29, 0.717) is 6.04 Å². The molecule has 1 aliphatic carbocycles. The topological polar surface area (TPSA) is 66.9 Å². The van der Waals surface area contributed by atoms with Crippen LogP contribution in [0.15, 0.2) is 28.6 Å². The lowest BCUT2D eigenvalue weighted by atomic mass is 9.96. The zero-order chi connectivity index (χ0) is 17.6. The molecule has 134 valence electrons. The second kappa shape index (κ2) is 8.67. The number of benzene rings is 1. The van der Waals surface area contributed by atoms with Crippen LogP contribution < -0.4 is 10.6 Å². The summed E-state index contributed by atoms with van der Waals surface area (Å²) in [6, 6.07) is 8.31. The van der Waals surface area contributed by atoms with Gasteiger partial charge in [-0.15, -0.1) is 10.2 Å². The summed E-state index contributed by atoms with van der Waals surface area (Å²) in [7, 11) is 0. The van der Waals surface area contributed by atoms with Gasteiger partial charge in [-0.05, 0) is 38.3 Å². The lowest BCUT2D eigenvalue weighted by molar-refractivity contribution is -0.115. The lowest BCUT2D eigenvalue weighted by Crippen LogP contribution is -2.22. The van der Waals surface area contributed by atoms with Crippen LogP contribution >= 0.6 is 23.1 Å². The molecule has 7 heteroatoms. The number of nitrogens with zero attached hydrogens (tertiary/aromatic N) is 2. The van der Waals surface area contributed by atoms with Crippen molar-refractivity contribution in [3.05, 3.63) is 29.8 Å². The number of nitrogens with one attached hydrogen (secondary N) is 2. The van der Waals surface area contributed by atoms with Crippen LogP contribution in [0, 0.1) is 6.92 Å². The summed E-state index contributed by atoms with van der Waals surface area (Å²) in [4.78, 5) is 12.4. The van der Waals surface area contributed by atoms with Gasteiger partial charge in [0.05, 0.1) is 5.25 Å². The highest BCUT2D eigenvalue weighted by molar-refractivity contribution is 8.02. The van der Waals surface area contributed by atoms with Gasteiger partial charge in [-0.1, -0.05) is 60.6 Å². The fourth-order valence-corrected chi connectivity index (χ4v) is 4.86. The number of anilines is 2. The third-order valence-corrected chi connectivity index (χ3v) is 6.43. The Balaban J connectivity index is 1.53. The molecule has 1 unspecified atom stereocenters. The molecule has 0 radical (unpaired) electrons. The van der Waals surface area contributed by atoms with Gasteiger partial charge < -0.3 is 10.6 Å². The maximum absolute atomic E-state index is 12.4. The van der Waals surface area contributed by atoms with Crippen molar-refractivity contribution in [2.45, 2.75) is 61.6 Å². The minimum absolute atomic E-state index is 0.0173. The normalized spacial score (nSPS) is 16.4. The van der Waals surface area contributed by atoms with Gasteiger partial charge in [-0.3, -0.25) is 4.79 Å². The molecule has 1 saturated carbocycles. The van der Waals surface area contributed by atoms with E-state index in [0.717, 1.165) is 20.7 Å². The predicted molar refractivity (Wildman–Crippen MR) is 106 cm³/mol. The molecule has 2 aromatic rings. The molecule has 0 bridgehead atoms. The van der Waals surface area contributed by atoms with Gasteiger partial charge in [0.2, 0.25) is 11.0 Å². The smallest absolute Gasteiger partial charge is 0.237 e. The highest BCUT2D eigenvalue weighted by Crippen LogP contribution is 2.31. The van der Waals surface area contributed by atoms with E-state index in [9.17, 15) is 4.79 Å². The number of aryl methyl sites for hydroxylation is 1. The Bertz CT molecular complexity index is 713. The molecule has 0 spiro atoms. The maximum atomic E-state index is 12.4. The highest BCUT2D eigenvalue weighted by atomic mass is 32.2. The first kappa shape index (κ1) is 18.2. The number of thioether (sulfide) groups is 1. The standard InChI is InChI=1S/C18H24N4OS2/c1-12-8-6-7-11-15(12)20-16(23)13(2)24-18-22-21-17(25-18)19-14-9-4-3-5-10-14/h6-8,11,13-14H,3-5,9-10H2,1-2H3,(H,19,21)(H,20,23). The fourth-order valence-electron chi connectivity index (χ4n) is 2.89. The molecular weight excluding hydrogens is 352 g/mol. The molecule has 5 nitrogen and oxygen atoms in total. The van der Waals surface area contributed by atoms with E-state index in [4.69, 9.17) is 0 Å². The van der Waals surface area contributed by atoms with E-state index in [1.54, 1.807) is 0 Å². The van der Waals surface area contributed by atoms with Gasteiger partial charge >= 0.3 is 0 Å². The second-order valence-corrected chi connectivity index (χ2v) is 8.98. The molecular formula is C18H24N4OS2. The van der Waals surface area contributed by atoms with Crippen molar-refractivity contribution in [1.29, 1.82) is 0 Å². The van der Waals surface area contributed by atoms with Crippen LogP contribution in [0.5, 0.6) is 0 Å². The van der Waals surface area contributed by atoms with Crippen molar-refractivity contribution in [3.8, 4) is 0 Å². The summed E-state index contributed by atoms with van der Waals surface area (Å²) in [5.41, 5.74) is 1.92. The largest absolute Gasteiger partial charge is 0.357 e. The molecule has 1 aliphatic rings. The summed E-state index contributed by atoms with van der Waals surface area (Å²) in [6.07, 6.45) is 6.32. The van der Waals surface area contributed by atoms with Crippen LogP contribution in [-0.4, -0.2) is 27.4 Å². The van der Waals surface area contributed by atoms with E-state index >= 15 is 0 Å². The minimum Gasteiger partial charge on any atom is -0.357 e. The number of hydrogen-bond acceptors (Lipinski definition) is 6. The molecule has 2 N–H and O–H groups in total. The van der Waals surface area contributed by atoms with E-state index < -0.39 is 0 Å². The summed E-state index contributed by atoms with van der Waals surface area (Å²) >= 11 is 2.98. The zero-order valence-electron chi connectivity index (χ0n) is 14.6. The quantitative estimate of drug-likeness (QED) is 0.715. The first-order valence-corrected chi connectivity index (χ1v) is 10.4. The Hall–Kier alpha value is -1.60. The molecule has 1 aromatic carbocycles. The van der Waals surface area contributed by atoms with Crippen LogP contribution in [0.4, 0.5) is 10.8 Å². The van der Waals surface area contributed by atoms with Gasteiger partial charge in [-0.25, -0.2) is 0 Å². The molecule has 1 fully saturated rings. The predicted octanol–water partition coefficient (Wildman–Crippen LogP) is 4.71. The molecule has 25 heavy (non-hydrogen) atoms. The van der Waals surface area contributed by atoms with Gasteiger partial charge in [0.15, 0.2) is 4.34 Å². The summed E-state index contributed by atoms with van der Waals surface area (Å²) in [6.45, 7) is 3.88. The first-order valence-electron chi connectivity index (χ1n) is 8.75. The third kappa shape index (κ3) is 5.19. The second-order valence-electron chi connectivity index (χ2n) is 6.42. The lowest BCUT2D eigenvalue weighted by Gasteiger charge is -2.21. The summed E-state index contributed by atoms with van der Waals surface area (Å²) in [5.74, 6) is -0.0173. The number of amides is 1. The van der Waals surface area contributed by atoms with Crippen molar-refractivity contribution in [1.82, 2.24) is 10.2 Å². The van der Waals surface area contributed by atoms with Crippen molar-refractivity contribution in [2.24, 2.45) is 0 Å². The van der Waals surface area contributed by atoms with E-state index in [-0.39, 0.29) is 11.2 Å². The van der Waals surface area contributed by atoms with E-state index in [2.05, 4.69) is 20.8 Å². The van der Waals surface area contributed by atoms with Crippen molar-refractivity contribution in [2.75, 3.05) is 10.6 Å². The highest BCUT2D eigenvalue weighted by Gasteiger charge is 2.19. The SMILES string of the molecule is Cc1ccccc1NC(=O)C(C)Sc1nnc(NC2CCCCC2)s1. The maximum Gasteiger partial charge on any atom is 0.237 e. The zero-order valence-corrected chi connectivity index (χ0v) is 16.3. The Morgan fingerprint density at radius 1 is 1.24 bits per heavy atom. The average molecular weight is 377 g/mol. The Kier molecular flexibility index (Phi) is 6.31. The van der Waals surface area contributed by atoms with Crippen LogP contribution in [-0.2, 0) is 4.79 Å². The van der Waals surface area contributed by atoms with Gasteiger partial charge in [0, 0.05) is 11.7 Å².